The first kappa shape index (κ1) is 30.7. The van der Waals surface area contributed by atoms with E-state index in [4.69, 9.17) is 15.9 Å². The summed E-state index contributed by atoms with van der Waals surface area (Å²) in [5.41, 5.74) is 5.56. The number of nitrogens with two attached hydrogens (primary N) is 1. The number of likely N-dealkylation sites (N-methyl/N-ethyl adjacent to an activating group) is 1. The monoisotopic (exact) mass is 523 g/mol. The standard InChI is InChI=1S/C23H41N5O4.2ClH/c1-26(17-6-2-3-7-17)20(16-21(29)30)22(31)28-12-5-4-8-18(28)11-15-32-19-9-13-27(14-10-19)23(24)25;;/h17-20H,2-16H2,1H3,(H3,24,25)(H,29,30);2*1H/t18?,20-;;/m0../s1. The number of guanidine groups is 1. The number of nitrogens with zero attached hydrogens (tertiary/aromatic N) is 3. The summed E-state index contributed by atoms with van der Waals surface area (Å²) in [7, 11) is 1.93. The van der Waals surface area contributed by atoms with Gasteiger partial charge in [0.15, 0.2) is 5.96 Å². The van der Waals surface area contributed by atoms with Gasteiger partial charge in [0, 0.05) is 38.3 Å². The summed E-state index contributed by atoms with van der Waals surface area (Å²) >= 11 is 0. The van der Waals surface area contributed by atoms with E-state index in [2.05, 4.69) is 0 Å². The van der Waals surface area contributed by atoms with Crippen molar-refractivity contribution >= 4 is 42.7 Å². The fraction of sp³-hybridized carbons (Fsp3) is 0.870. The number of hydrogen-bond acceptors (Lipinski definition) is 5. The molecular formula is C23H43Cl2N5O4. The number of piperidine rings is 2. The van der Waals surface area contributed by atoms with E-state index in [1.54, 1.807) is 0 Å². The zero-order chi connectivity index (χ0) is 23.1. The maximum atomic E-state index is 13.5. The largest absolute Gasteiger partial charge is 0.481 e. The highest BCUT2D eigenvalue weighted by Gasteiger charge is 2.37. The Bertz CT molecular complexity index is 657. The van der Waals surface area contributed by atoms with E-state index < -0.39 is 12.0 Å². The van der Waals surface area contributed by atoms with Gasteiger partial charge < -0.3 is 25.4 Å². The zero-order valence-corrected chi connectivity index (χ0v) is 22.0. The third kappa shape index (κ3) is 8.43. The van der Waals surface area contributed by atoms with E-state index in [1.165, 1.54) is 0 Å². The van der Waals surface area contributed by atoms with Gasteiger partial charge in [0.25, 0.3) is 0 Å². The minimum Gasteiger partial charge on any atom is -0.481 e. The number of aliphatic carboxylic acids is 1. The molecule has 1 amide bonds. The van der Waals surface area contributed by atoms with Gasteiger partial charge in [-0.05, 0) is 58.4 Å². The normalized spacial score (nSPS) is 22.7. The van der Waals surface area contributed by atoms with Gasteiger partial charge in [-0.1, -0.05) is 12.8 Å². The van der Waals surface area contributed by atoms with Crippen molar-refractivity contribution in [3.63, 3.8) is 0 Å². The number of ether oxygens (including phenoxy) is 1. The molecule has 3 rings (SSSR count). The van der Waals surface area contributed by atoms with E-state index in [1.807, 2.05) is 21.7 Å². The number of halogens is 2. The molecule has 34 heavy (non-hydrogen) atoms. The molecule has 3 fully saturated rings. The Balaban J connectivity index is 0.00000289. The minimum atomic E-state index is -0.915. The predicted molar refractivity (Wildman–Crippen MR) is 137 cm³/mol. The number of carbonyl (C=O) groups excluding carboxylic acids is 1. The number of carboxylic acid groups (broad SMARTS) is 1. The second-order valence-electron chi connectivity index (χ2n) is 9.63. The Morgan fingerprint density at radius 1 is 1.06 bits per heavy atom. The molecular weight excluding hydrogens is 481 g/mol. The van der Waals surface area contributed by atoms with E-state index in [-0.39, 0.29) is 55.2 Å². The Labute approximate surface area is 216 Å². The van der Waals surface area contributed by atoms with Crippen molar-refractivity contribution in [2.75, 3.05) is 33.3 Å². The summed E-state index contributed by atoms with van der Waals surface area (Å²) < 4.78 is 6.12. The molecule has 0 aromatic heterocycles. The van der Waals surface area contributed by atoms with Gasteiger partial charge in [-0.2, -0.15) is 0 Å². The molecule has 198 valence electrons. The second kappa shape index (κ2) is 15.0. The topological polar surface area (TPSA) is 123 Å². The first-order chi connectivity index (χ1) is 15.4. The lowest BCUT2D eigenvalue weighted by molar-refractivity contribution is -0.148. The summed E-state index contributed by atoms with van der Waals surface area (Å²) in [6.07, 6.45) is 9.94. The highest BCUT2D eigenvalue weighted by molar-refractivity contribution is 5.86. The van der Waals surface area contributed by atoms with E-state index >= 15 is 0 Å². The van der Waals surface area contributed by atoms with Crippen molar-refractivity contribution in [2.24, 2.45) is 5.73 Å². The van der Waals surface area contributed by atoms with Crippen molar-refractivity contribution < 1.29 is 19.4 Å². The smallest absolute Gasteiger partial charge is 0.305 e. The van der Waals surface area contributed by atoms with E-state index in [0.717, 1.165) is 77.3 Å². The molecule has 2 saturated heterocycles. The number of nitrogens with one attached hydrogen (secondary N) is 1. The van der Waals surface area contributed by atoms with Crippen LogP contribution in [0.1, 0.15) is 70.6 Å². The number of carboxylic acids is 1. The molecule has 9 nitrogen and oxygen atoms in total. The predicted octanol–water partition coefficient (Wildman–Crippen LogP) is 2.69. The van der Waals surface area contributed by atoms with E-state index in [9.17, 15) is 14.7 Å². The van der Waals surface area contributed by atoms with Crippen molar-refractivity contribution in [1.82, 2.24) is 14.7 Å². The summed E-state index contributed by atoms with van der Waals surface area (Å²) in [5, 5.41) is 17.0. The molecule has 0 radical (unpaired) electrons. The van der Waals surface area contributed by atoms with Gasteiger partial charge in [0.05, 0.1) is 18.6 Å². The SMILES string of the molecule is CN(C1CCCC1)[C@@H](CC(=O)O)C(=O)N1CCCCC1CCOC1CCN(C(=N)N)CC1.Cl.Cl. The lowest BCUT2D eigenvalue weighted by Gasteiger charge is -2.41. The van der Waals surface area contributed by atoms with Crippen LogP contribution in [0.5, 0.6) is 0 Å². The average molecular weight is 525 g/mol. The van der Waals surface area contributed by atoms with Crippen LogP contribution in [0.25, 0.3) is 0 Å². The highest BCUT2D eigenvalue weighted by atomic mass is 35.5. The number of amides is 1. The van der Waals surface area contributed by atoms with Crippen molar-refractivity contribution in [3.8, 4) is 0 Å². The second-order valence-corrected chi connectivity index (χ2v) is 9.63. The van der Waals surface area contributed by atoms with Crippen LogP contribution in [0.2, 0.25) is 0 Å². The van der Waals surface area contributed by atoms with Gasteiger partial charge in [0.1, 0.15) is 0 Å². The molecule has 2 heterocycles. The number of hydrogen-bond donors (Lipinski definition) is 3. The number of rotatable bonds is 9. The van der Waals surface area contributed by atoms with Gasteiger partial charge in [-0.15, -0.1) is 24.8 Å². The average Bonchev–Trinajstić information content (AvgIpc) is 3.32. The maximum Gasteiger partial charge on any atom is 0.305 e. The Kier molecular flexibility index (Phi) is 13.5. The van der Waals surface area contributed by atoms with Crippen LogP contribution in [-0.2, 0) is 14.3 Å². The van der Waals surface area contributed by atoms with Crippen LogP contribution in [0.4, 0.5) is 0 Å². The Morgan fingerprint density at radius 2 is 1.68 bits per heavy atom. The van der Waals surface area contributed by atoms with Crippen molar-refractivity contribution in [3.05, 3.63) is 0 Å². The third-order valence-electron chi connectivity index (χ3n) is 7.54. The van der Waals surface area contributed by atoms with Gasteiger partial charge in [-0.3, -0.25) is 19.9 Å². The molecule has 1 unspecified atom stereocenters. The summed E-state index contributed by atoms with van der Waals surface area (Å²) in [6, 6.07) is -0.175. The Hall–Kier alpha value is -1.29. The van der Waals surface area contributed by atoms with Crippen LogP contribution >= 0.6 is 24.8 Å². The van der Waals surface area contributed by atoms with Gasteiger partial charge in [-0.25, -0.2) is 0 Å². The summed E-state index contributed by atoms with van der Waals surface area (Å²) in [5.74, 6) is -0.818. The molecule has 2 aliphatic heterocycles. The van der Waals surface area contributed by atoms with Crippen LogP contribution in [0.3, 0.4) is 0 Å². The molecule has 0 aromatic carbocycles. The molecule has 2 atom stereocenters. The lowest BCUT2D eigenvalue weighted by Crippen LogP contribution is -2.55. The van der Waals surface area contributed by atoms with Crippen molar-refractivity contribution in [1.29, 1.82) is 5.41 Å². The molecule has 0 bridgehead atoms. The van der Waals surface area contributed by atoms with Crippen LogP contribution in [-0.4, -0.2) is 95.2 Å². The molecule has 1 saturated carbocycles. The first-order valence-electron chi connectivity index (χ1n) is 12.3. The quantitative estimate of drug-likeness (QED) is 0.313. The minimum absolute atomic E-state index is 0. The maximum absolute atomic E-state index is 13.5. The summed E-state index contributed by atoms with van der Waals surface area (Å²) in [4.78, 5) is 31.0. The van der Waals surface area contributed by atoms with Gasteiger partial charge >= 0.3 is 5.97 Å². The summed E-state index contributed by atoms with van der Waals surface area (Å²) in [6.45, 7) is 2.80. The molecule has 11 heteroatoms. The Morgan fingerprint density at radius 3 is 2.26 bits per heavy atom. The van der Waals surface area contributed by atoms with Crippen LogP contribution in [0.15, 0.2) is 0 Å². The fourth-order valence-electron chi connectivity index (χ4n) is 5.55. The molecule has 0 aromatic rings. The molecule has 0 spiro atoms. The fourth-order valence-corrected chi connectivity index (χ4v) is 5.55. The van der Waals surface area contributed by atoms with E-state index in [0.29, 0.717) is 19.2 Å². The molecule has 4 N–H and O–H groups in total. The number of likely N-dealkylation sites (tertiary alicyclic amines) is 2. The number of carbonyl (C=O) groups is 2. The molecule has 1 aliphatic carbocycles. The van der Waals surface area contributed by atoms with Crippen molar-refractivity contribution in [2.45, 2.75) is 94.9 Å². The first-order valence-corrected chi connectivity index (χ1v) is 12.3. The van der Waals surface area contributed by atoms with Crippen LogP contribution < -0.4 is 5.73 Å². The zero-order valence-electron chi connectivity index (χ0n) is 20.3. The molecule has 3 aliphatic rings. The lowest BCUT2D eigenvalue weighted by atomic mass is 9.97. The van der Waals surface area contributed by atoms with Crippen LogP contribution in [0, 0.1) is 5.41 Å². The highest BCUT2D eigenvalue weighted by Crippen LogP contribution is 2.28. The van der Waals surface area contributed by atoms with Gasteiger partial charge in [0.2, 0.25) is 5.91 Å². The third-order valence-corrected chi connectivity index (χ3v) is 7.54.